The lowest BCUT2D eigenvalue weighted by Gasteiger charge is -2.45. The van der Waals surface area contributed by atoms with Crippen LogP contribution in [0.15, 0.2) is 66.7 Å². The maximum atomic E-state index is 14.2. The van der Waals surface area contributed by atoms with E-state index in [-0.39, 0.29) is 36.1 Å². The van der Waals surface area contributed by atoms with Gasteiger partial charge in [0.1, 0.15) is 17.5 Å². The molecule has 1 heterocycles. The molecule has 1 aliphatic heterocycles. The van der Waals surface area contributed by atoms with Gasteiger partial charge in [0.2, 0.25) is 11.8 Å². The van der Waals surface area contributed by atoms with Crippen LogP contribution in [-0.4, -0.2) is 78.1 Å². The lowest BCUT2D eigenvalue weighted by atomic mass is 9.96. The summed E-state index contributed by atoms with van der Waals surface area (Å²) < 4.78 is 19.1. The number of fused-ring (bicyclic) bond motifs is 1. The van der Waals surface area contributed by atoms with Crippen LogP contribution in [0.4, 0.5) is 9.18 Å². The molecule has 0 unspecified atom stereocenters. The first-order chi connectivity index (χ1) is 21.5. The number of hydrogen-bond acceptors (Lipinski definition) is 5. The lowest BCUT2D eigenvalue weighted by Crippen LogP contribution is -2.63. The number of ether oxygens (including phenoxy) is 1. The second kappa shape index (κ2) is 14.0. The van der Waals surface area contributed by atoms with Crippen molar-refractivity contribution in [3.05, 3.63) is 83.7 Å². The van der Waals surface area contributed by atoms with Crippen molar-refractivity contribution in [2.24, 2.45) is 5.92 Å². The van der Waals surface area contributed by atoms with E-state index in [1.54, 1.807) is 40.0 Å². The van der Waals surface area contributed by atoms with E-state index < -0.39 is 17.7 Å². The van der Waals surface area contributed by atoms with Crippen LogP contribution in [0.5, 0.6) is 0 Å². The van der Waals surface area contributed by atoms with E-state index in [1.807, 2.05) is 17.0 Å². The van der Waals surface area contributed by atoms with E-state index in [9.17, 15) is 18.8 Å². The number of alkyl carbamates (subject to hydrolysis) is 1. The van der Waals surface area contributed by atoms with Gasteiger partial charge in [-0.25, -0.2) is 9.18 Å². The monoisotopic (exact) mass is 616 g/mol. The minimum Gasteiger partial charge on any atom is -0.444 e. The first-order valence-corrected chi connectivity index (χ1v) is 16.0. The smallest absolute Gasteiger partial charge is 0.408 e. The first-order valence-electron chi connectivity index (χ1n) is 16.0. The SMILES string of the molecule is CNC(=O)[C@H](Cc1ccc2ccccc2c1)N1CCN(C(=O)[C@@H](Cc2ccc(F)cc2)NC(=O)OC(C)(C)C)[C@@H](CC2CC2)C1. The number of carbonyl (C=O) groups is 3. The minimum atomic E-state index is -0.883. The van der Waals surface area contributed by atoms with Crippen molar-refractivity contribution < 1.29 is 23.5 Å². The topological polar surface area (TPSA) is 91.0 Å². The number of halogens is 1. The molecule has 0 bridgehead atoms. The van der Waals surface area contributed by atoms with Crippen LogP contribution in [0.25, 0.3) is 10.8 Å². The van der Waals surface area contributed by atoms with Crippen LogP contribution >= 0.6 is 0 Å². The molecular formula is C36H45FN4O4. The molecule has 1 aliphatic carbocycles. The minimum absolute atomic E-state index is 0.0473. The second-order valence-corrected chi connectivity index (χ2v) is 13.4. The highest BCUT2D eigenvalue weighted by Crippen LogP contribution is 2.36. The molecule has 0 spiro atoms. The summed E-state index contributed by atoms with van der Waals surface area (Å²) in [5.41, 5.74) is 1.09. The third-order valence-corrected chi connectivity index (χ3v) is 8.67. The third-order valence-electron chi connectivity index (χ3n) is 8.67. The zero-order valence-electron chi connectivity index (χ0n) is 26.7. The number of rotatable bonds is 10. The summed E-state index contributed by atoms with van der Waals surface area (Å²) in [7, 11) is 1.67. The molecule has 1 saturated heterocycles. The standard InChI is InChI=1S/C36H45FN4O4/c1-36(2,3)45-35(44)39-31(21-25-12-15-29(37)16-13-25)34(43)41-18-17-40(23-30(41)20-24-9-10-24)32(33(42)38-4)22-26-11-14-27-7-5-6-8-28(27)19-26/h5-8,11-16,19,24,30-32H,9-10,17-18,20-23H2,1-4H3,(H,38,42)(H,39,44)/t30-,31+,32-/m0/s1. The quantitative estimate of drug-likeness (QED) is 0.332. The van der Waals surface area contributed by atoms with Gasteiger partial charge < -0.3 is 20.3 Å². The molecular weight excluding hydrogens is 571 g/mol. The Morgan fingerprint density at radius 1 is 0.933 bits per heavy atom. The molecule has 5 rings (SSSR count). The van der Waals surface area contributed by atoms with Gasteiger partial charge in [-0.05, 0) is 73.6 Å². The maximum absolute atomic E-state index is 14.2. The van der Waals surface area contributed by atoms with Crippen molar-refractivity contribution in [1.29, 1.82) is 0 Å². The van der Waals surface area contributed by atoms with Crippen molar-refractivity contribution in [2.75, 3.05) is 26.7 Å². The van der Waals surface area contributed by atoms with Crippen LogP contribution in [0, 0.1) is 11.7 Å². The predicted octanol–water partition coefficient (Wildman–Crippen LogP) is 5.08. The van der Waals surface area contributed by atoms with Crippen LogP contribution < -0.4 is 10.6 Å². The summed E-state index contributed by atoms with van der Waals surface area (Å²) in [4.78, 5) is 44.5. The zero-order valence-corrected chi connectivity index (χ0v) is 26.7. The van der Waals surface area contributed by atoms with Crippen LogP contribution in [-0.2, 0) is 27.2 Å². The molecule has 3 aromatic carbocycles. The van der Waals surface area contributed by atoms with Gasteiger partial charge in [-0.3, -0.25) is 14.5 Å². The number of amides is 3. The highest BCUT2D eigenvalue weighted by atomic mass is 19.1. The lowest BCUT2D eigenvalue weighted by molar-refractivity contribution is -0.140. The predicted molar refractivity (Wildman–Crippen MR) is 173 cm³/mol. The summed E-state index contributed by atoms with van der Waals surface area (Å²) in [6.45, 7) is 6.83. The molecule has 8 nitrogen and oxygen atoms in total. The summed E-state index contributed by atoms with van der Waals surface area (Å²) in [6, 6.07) is 19.1. The fourth-order valence-corrected chi connectivity index (χ4v) is 6.24. The van der Waals surface area contributed by atoms with Crippen molar-refractivity contribution in [3.63, 3.8) is 0 Å². The van der Waals surface area contributed by atoms with Gasteiger partial charge in [0.15, 0.2) is 0 Å². The number of nitrogens with one attached hydrogen (secondary N) is 2. The Bertz CT molecular complexity index is 1500. The number of hydrogen-bond donors (Lipinski definition) is 2. The van der Waals surface area contributed by atoms with Gasteiger partial charge in [-0.1, -0.05) is 67.4 Å². The van der Waals surface area contributed by atoms with E-state index in [0.29, 0.717) is 32.0 Å². The fraction of sp³-hybridized carbons (Fsp3) is 0.472. The first kappa shape index (κ1) is 32.4. The molecule has 2 N–H and O–H groups in total. The van der Waals surface area contributed by atoms with Crippen molar-refractivity contribution in [2.45, 2.75) is 76.6 Å². The van der Waals surface area contributed by atoms with Crippen molar-refractivity contribution >= 4 is 28.7 Å². The molecule has 9 heteroatoms. The van der Waals surface area contributed by atoms with E-state index in [2.05, 4.69) is 45.9 Å². The Hall–Kier alpha value is -3.98. The summed E-state index contributed by atoms with van der Waals surface area (Å²) in [6.07, 6.45) is 3.19. The molecule has 45 heavy (non-hydrogen) atoms. The number of piperazine rings is 1. The van der Waals surface area contributed by atoms with Gasteiger partial charge >= 0.3 is 6.09 Å². The third kappa shape index (κ3) is 8.81. The zero-order chi connectivity index (χ0) is 32.1. The Kier molecular flexibility index (Phi) is 10.1. The molecule has 0 radical (unpaired) electrons. The Balaban J connectivity index is 1.36. The molecule has 240 valence electrons. The number of carbonyl (C=O) groups excluding carboxylic acids is 3. The molecule has 0 aromatic heterocycles. The van der Waals surface area contributed by atoms with Crippen molar-refractivity contribution in [1.82, 2.24) is 20.4 Å². The average Bonchev–Trinajstić information content (AvgIpc) is 3.83. The fourth-order valence-electron chi connectivity index (χ4n) is 6.24. The van der Waals surface area contributed by atoms with E-state index in [0.717, 1.165) is 41.2 Å². The van der Waals surface area contributed by atoms with E-state index in [1.165, 1.54) is 12.1 Å². The van der Waals surface area contributed by atoms with Crippen LogP contribution in [0.1, 0.15) is 51.2 Å². The molecule has 1 saturated carbocycles. The molecule has 3 aromatic rings. The largest absolute Gasteiger partial charge is 0.444 e. The molecule has 2 fully saturated rings. The van der Waals surface area contributed by atoms with Gasteiger partial charge in [0.25, 0.3) is 0 Å². The van der Waals surface area contributed by atoms with Crippen molar-refractivity contribution in [3.8, 4) is 0 Å². The summed E-state index contributed by atoms with van der Waals surface area (Å²) in [5.74, 6) is -0.0642. The normalized spacial score (nSPS) is 18.7. The van der Waals surface area contributed by atoms with Gasteiger partial charge in [-0.15, -0.1) is 0 Å². The molecule has 3 amide bonds. The van der Waals surface area contributed by atoms with E-state index >= 15 is 0 Å². The number of likely N-dealkylation sites (N-methyl/N-ethyl adjacent to an activating group) is 1. The highest BCUT2D eigenvalue weighted by molar-refractivity contribution is 5.87. The number of benzene rings is 3. The van der Waals surface area contributed by atoms with Crippen LogP contribution in [0.2, 0.25) is 0 Å². The van der Waals surface area contributed by atoms with Gasteiger partial charge in [-0.2, -0.15) is 0 Å². The maximum Gasteiger partial charge on any atom is 0.408 e. The van der Waals surface area contributed by atoms with Crippen LogP contribution in [0.3, 0.4) is 0 Å². The highest BCUT2D eigenvalue weighted by Gasteiger charge is 2.40. The average molecular weight is 617 g/mol. The summed E-state index contributed by atoms with van der Waals surface area (Å²) in [5, 5.41) is 7.96. The summed E-state index contributed by atoms with van der Waals surface area (Å²) >= 11 is 0. The van der Waals surface area contributed by atoms with Gasteiger partial charge in [0.05, 0.1) is 6.04 Å². The number of nitrogens with zero attached hydrogens (tertiary/aromatic N) is 2. The molecule has 3 atom stereocenters. The Labute approximate surface area is 265 Å². The van der Waals surface area contributed by atoms with E-state index in [4.69, 9.17) is 4.74 Å². The Morgan fingerprint density at radius 3 is 2.29 bits per heavy atom. The second-order valence-electron chi connectivity index (χ2n) is 13.4. The van der Waals surface area contributed by atoms with Gasteiger partial charge in [0, 0.05) is 39.1 Å². The Morgan fingerprint density at radius 2 is 1.62 bits per heavy atom. The molecule has 2 aliphatic rings.